The van der Waals surface area contributed by atoms with Crippen molar-refractivity contribution in [3.05, 3.63) is 72.3 Å². The van der Waals surface area contributed by atoms with Crippen molar-refractivity contribution in [3.63, 3.8) is 0 Å². The molecule has 156 valence electrons. The average molecular weight is 405 g/mol. The Morgan fingerprint density at radius 2 is 1.60 bits per heavy atom. The molecule has 0 saturated carbocycles. The first-order valence-corrected chi connectivity index (χ1v) is 10.2. The normalized spacial score (nSPS) is 14.5. The molecule has 0 unspecified atom stereocenters. The molecule has 0 spiro atoms. The number of hydrogen-bond acceptors (Lipinski definition) is 5. The zero-order valence-corrected chi connectivity index (χ0v) is 17.5. The Bertz CT molecular complexity index is 983. The van der Waals surface area contributed by atoms with Gasteiger partial charge in [0.2, 0.25) is 0 Å². The molecule has 1 N–H and O–H groups in total. The molecule has 0 amide bonds. The van der Waals surface area contributed by atoms with E-state index in [9.17, 15) is 5.11 Å². The predicted octanol–water partition coefficient (Wildman–Crippen LogP) is 4.40. The Labute approximate surface area is 178 Å². The molecular formula is C25H28N2O3. The van der Waals surface area contributed by atoms with Crippen molar-refractivity contribution in [2.45, 2.75) is 6.54 Å². The molecule has 0 aromatic heterocycles. The van der Waals surface area contributed by atoms with E-state index in [0.717, 1.165) is 54.4 Å². The van der Waals surface area contributed by atoms with Gasteiger partial charge in [0.25, 0.3) is 0 Å². The van der Waals surface area contributed by atoms with Crippen LogP contribution in [0.15, 0.2) is 66.7 Å². The summed E-state index contributed by atoms with van der Waals surface area (Å²) in [5.41, 5.74) is 4.14. The Balaban J connectivity index is 1.50. The van der Waals surface area contributed by atoms with Gasteiger partial charge < -0.3 is 19.5 Å². The second-order valence-corrected chi connectivity index (χ2v) is 7.51. The summed E-state index contributed by atoms with van der Waals surface area (Å²) in [6.07, 6.45) is 0. The maximum atomic E-state index is 10.5. The molecule has 1 heterocycles. The van der Waals surface area contributed by atoms with Crippen molar-refractivity contribution >= 4 is 5.69 Å². The number of phenolic OH excluding ortho intramolecular Hbond substituents is 1. The predicted molar refractivity (Wildman–Crippen MR) is 121 cm³/mol. The van der Waals surface area contributed by atoms with Gasteiger partial charge in [-0.3, -0.25) is 4.90 Å². The third-order valence-electron chi connectivity index (χ3n) is 5.68. The summed E-state index contributed by atoms with van der Waals surface area (Å²) in [6, 6.07) is 22.0. The summed E-state index contributed by atoms with van der Waals surface area (Å²) in [6.45, 7) is 4.60. The van der Waals surface area contributed by atoms with E-state index in [1.54, 1.807) is 20.3 Å². The number of para-hydroxylation sites is 1. The summed E-state index contributed by atoms with van der Waals surface area (Å²) in [5, 5.41) is 10.5. The van der Waals surface area contributed by atoms with Crippen molar-refractivity contribution < 1.29 is 14.6 Å². The second kappa shape index (κ2) is 9.09. The van der Waals surface area contributed by atoms with Crippen LogP contribution in [0, 0.1) is 0 Å². The lowest BCUT2D eigenvalue weighted by molar-refractivity contribution is 0.247. The van der Waals surface area contributed by atoms with Gasteiger partial charge in [-0.25, -0.2) is 0 Å². The molecule has 5 heteroatoms. The van der Waals surface area contributed by atoms with Crippen molar-refractivity contribution in [2.75, 3.05) is 45.3 Å². The average Bonchev–Trinajstić information content (AvgIpc) is 2.81. The zero-order valence-electron chi connectivity index (χ0n) is 17.5. The maximum absolute atomic E-state index is 10.5. The fourth-order valence-electron chi connectivity index (χ4n) is 3.96. The van der Waals surface area contributed by atoms with Crippen LogP contribution in [-0.2, 0) is 6.54 Å². The molecule has 3 aromatic carbocycles. The second-order valence-electron chi connectivity index (χ2n) is 7.51. The molecule has 3 aromatic rings. The molecule has 0 atom stereocenters. The Hall–Kier alpha value is -3.18. The molecule has 0 aliphatic carbocycles. The van der Waals surface area contributed by atoms with E-state index in [-0.39, 0.29) is 0 Å². The van der Waals surface area contributed by atoms with Crippen molar-refractivity contribution in [1.29, 1.82) is 0 Å². The van der Waals surface area contributed by atoms with E-state index in [1.807, 2.05) is 30.3 Å². The Morgan fingerprint density at radius 3 is 2.30 bits per heavy atom. The van der Waals surface area contributed by atoms with Gasteiger partial charge in [0, 0.05) is 49.5 Å². The van der Waals surface area contributed by atoms with Crippen molar-refractivity contribution in [2.24, 2.45) is 0 Å². The minimum Gasteiger partial charge on any atom is -0.508 e. The van der Waals surface area contributed by atoms with E-state index in [4.69, 9.17) is 9.47 Å². The van der Waals surface area contributed by atoms with Gasteiger partial charge in [0.05, 0.1) is 14.2 Å². The minimum absolute atomic E-state index is 0.325. The van der Waals surface area contributed by atoms with E-state index >= 15 is 0 Å². The fraction of sp³-hybridized carbons (Fsp3) is 0.280. The number of hydrogen-bond donors (Lipinski definition) is 1. The maximum Gasteiger partial charge on any atom is 0.126 e. The standard InChI is InChI=1S/C25H28N2O3/c1-29-22-9-11-25(30-2)23(17-22)19-8-10-24(28)20(16-19)18-26-12-14-27(15-13-26)21-6-4-3-5-7-21/h3-11,16-17,28H,12-15,18H2,1-2H3. The highest BCUT2D eigenvalue weighted by atomic mass is 16.5. The minimum atomic E-state index is 0.325. The molecular weight excluding hydrogens is 376 g/mol. The summed E-state index contributed by atoms with van der Waals surface area (Å²) < 4.78 is 10.9. The van der Waals surface area contributed by atoms with Crippen molar-refractivity contribution in [1.82, 2.24) is 4.90 Å². The lowest BCUT2D eigenvalue weighted by Crippen LogP contribution is -2.45. The van der Waals surface area contributed by atoms with Crippen LogP contribution in [0.3, 0.4) is 0 Å². The number of ether oxygens (including phenoxy) is 2. The first-order chi connectivity index (χ1) is 14.7. The molecule has 4 rings (SSSR count). The summed E-state index contributed by atoms with van der Waals surface area (Å²) in [4.78, 5) is 4.80. The number of benzene rings is 3. The highest BCUT2D eigenvalue weighted by molar-refractivity contribution is 5.73. The van der Waals surface area contributed by atoms with Gasteiger partial charge in [-0.15, -0.1) is 0 Å². The lowest BCUT2D eigenvalue weighted by Gasteiger charge is -2.36. The number of piperazine rings is 1. The van der Waals surface area contributed by atoms with Gasteiger partial charge in [-0.2, -0.15) is 0 Å². The molecule has 1 fully saturated rings. The van der Waals surface area contributed by atoms with E-state index in [0.29, 0.717) is 12.3 Å². The van der Waals surface area contributed by atoms with Crippen LogP contribution < -0.4 is 14.4 Å². The third kappa shape index (κ3) is 4.36. The van der Waals surface area contributed by atoms with E-state index in [1.165, 1.54) is 5.69 Å². The largest absolute Gasteiger partial charge is 0.508 e. The van der Waals surface area contributed by atoms with Gasteiger partial charge in [-0.1, -0.05) is 24.3 Å². The van der Waals surface area contributed by atoms with Crippen LogP contribution in [0.4, 0.5) is 5.69 Å². The Morgan fingerprint density at radius 1 is 0.833 bits per heavy atom. The van der Waals surface area contributed by atoms with Crippen LogP contribution in [0.5, 0.6) is 17.2 Å². The van der Waals surface area contributed by atoms with Crippen LogP contribution >= 0.6 is 0 Å². The quantitative estimate of drug-likeness (QED) is 0.660. The van der Waals surface area contributed by atoms with Gasteiger partial charge in [0.1, 0.15) is 17.2 Å². The number of nitrogens with zero attached hydrogens (tertiary/aromatic N) is 2. The number of phenols is 1. The molecule has 1 aliphatic heterocycles. The van der Waals surface area contributed by atoms with E-state index in [2.05, 4.69) is 40.1 Å². The first-order valence-electron chi connectivity index (χ1n) is 10.2. The number of anilines is 1. The number of rotatable bonds is 6. The molecule has 0 radical (unpaired) electrons. The number of methoxy groups -OCH3 is 2. The number of aromatic hydroxyl groups is 1. The Kier molecular flexibility index (Phi) is 6.10. The van der Waals surface area contributed by atoms with Crippen molar-refractivity contribution in [3.8, 4) is 28.4 Å². The highest BCUT2D eigenvalue weighted by Crippen LogP contribution is 2.35. The monoisotopic (exact) mass is 404 g/mol. The van der Waals surface area contributed by atoms with Gasteiger partial charge >= 0.3 is 0 Å². The summed E-state index contributed by atoms with van der Waals surface area (Å²) >= 11 is 0. The molecule has 1 saturated heterocycles. The molecule has 0 bridgehead atoms. The topological polar surface area (TPSA) is 45.2 Å². The summed E-state index contributed by atoms with van der Waals surface area (Å²) in [7, 11) is 3.32. The summed E-state index contributed by atoms with van der Waals surface area (Å²) in [5.74, 6) is 1.88. The smallest absolute Gasteiger partial charge is 0.126 e. The van der Waals surface area contributed by atoms with Crippen LogP contribution in [0.1, 0.15) is 5.56 Å². The van der Waals surface area contributed by atoms with Crippen LogP contribution in [0.25, 0.3) is 11.1 Å². The zero-order chi connectivity index (χ0) is 20.9. The van der Waals surface area contributed by atoms with Gasteiger partial charge in [0.15, 0.2) is 0 Å². The lowest BCUT2D eigenvalue weighted by atomic mass is 10.0. The fourth-order valence-corrected chi connectivity index (χ4v) is 3.96. The SMILES string of the molecule is COc1ccc(OC)c(-c2ccc(O)c(CN3CCN(c4ccccc4)CC3)c2)c1. The third-order valence-corrected chi connectivity index (χ3v) is 5.68. The van der Waals surface area contributed by atoms with E-state index < -0.39 is 0 Å². The van der Waals surface area contributed by atoms with Gasteiger partial charge in [-0.05, 0) is 48.0 Å². The van der Waals surface area contributed by atoms with Crippen LogP contribution in [0.2, 0.25) is 0 Å². The molecule has 30 heavy (non-hydrogen) atoms. The molecule has 5 nitrogen and oxygen atoms in total. The highest BCUT2D eigenvalue weighted by Gasteiger charge is 2.19. The van der Waals surface area contributed by atoms with Crippen LogP contribution in [-0.4, -0.2) is 50.4 Å². The molecule has 1 aliphatic rings. The first kappa shape index (κ1) is 20.1.